The van der Waals surface area contributed by atoms with Crippen LogP contribution in [0, 0.1) is 12.7 Å². The summed E-state index contributed by atoms with van der Waals surface area (Å²) in [5.74, 6) is -0.470. The SMILES string of the molecule is Cc1ccc(-c2ccc(F)c(C=O)c2)s1. The van der Waals surface area contributed by atoms with E-state index in [1.54, 1.807) is 23.5 Å². The molecule has 1 aromatic carbocycles. The molecule has 76 valence electrons. The van der Waals surface area contributed by atoms with Crippen LogP contribution in [0.3, 0.4) is 0 Å². The van der Waals surface area contributed by atoms with Crippen LogP contribution in [0.15, 0.2) is 30.3 Å². The number of halogens is 1. The van der Waals surface area contributed by atoms with Crippen LogP contribution < -0.4 is 0 Å². The normalized spacial score (nSPS) is 10.3. The number of benzene rings is 1. The van der Waals surface area contributed by atoms with Gasteiger partial charge < -0.3 is 0 Å². The Kier molecular flexibility index (Phi) is 2.64. The minimum atomic E-state index is -0.470. The number of carbonyl (C=O) groups excluding carboxylic acids is 1. The van der Waals surface area contributed by atoms with Crippen molar-refractivity contribution in [3.8, 4) is 10.4 Å². The molecule has 1 aromatic heterocycles. The molecule has 3 heteroatoms. The predicted molar refractivity (Wildman–Crippen MR) is 59.8 cm³/mol. The Hall–Kier alpha value is -1.48. The van der Waals surface area contributed by atoms with Crippen LogP contribution in [0.2, 0.25) is 0 Å². The van der Waals surface area contributed by atoms with Crippen LogP contribution in [0.25, 0.3) is 10.4 Å². The number of hydrogen-bond donors (Lipinski definition) is 0. The van der Waals surface area contributed by atoms with Gasteiger partial charge in [-0.1, -0.05) is 6.07 Å². The van der Waals surface area contributed by atoms with Crippen LogP contribution in [-0.4, -0.2) is 6.29 Å². The van der Waals surface area contributed by atoms with E-state index in [2.05, 4.69) is 0 Å². The van der Waals surface area contributed by atoms with Crippen LogP contribution in [0.5, 0.6) is 0 Å². The zero-order valence-corrected chi connectivity index (χ0v) is 8.98. The number of rotatable bonds is 2. The van der Waals surface area contributed by atoms with Gasteiger partial charge in [0.05, 0.1) is 5.56 Å². The largest absolute Gasteiger partial charge is 0.298 e. The van der Waals surface area contributed by atoms with Gasteiger partial charge in [0, 0.05) is 9.75 Å². The third-order valence-electron chi connectivity index (χ3n) is 2.15. The zero-order chi connectivity index (χ0) is 10.8. The molecule has 0 fully saturated rings. The van der Waals surface area contributed by atoms with Crippen molar-refractivity contribution in [2.24, 2.45) is 0 Å². The van der Waals surface area contributed by atoms with E-state index in [4.69, 9.17) is 0 Å². The van der Waals surface area contributed by atoms with Crippen molar-refractivity contribution in [3.63, 3.8) is 0 Å². The molecule has 0 amide bonds. The maximum Gasteiger partial charge on any atom is 0.153 e. The number of thiophene rings is 1. The maximum atomic E-state index is 13.1. The van der Waals surface area contributed by atoms with Crippen molar-refractivity contribution in [1.82, 2.24) is 0 Å². The number of hydrogen-bond acceptors (Lipinski definition) is 2. The second-order valence-corrected chi connectivity index (χ2v) is 4.55. The molecular weight excluding hydrogens is 211 g/mol. The molecule has 0 aliphatic rings. The Bertz CT molecular complexity index is 502. The molecule has 0 saturated carbocycles. The van der Waals surface area contributed by atoms with Gasteiger partial charge >= 0.3 is 0 Å². The van der Waals surface area contributed by atoms with Gasteiger partial charge in [-0.15, -0.1) is 11.3 Å². The van der Waals surface area contributed by atoms with Gasteiger partial charge in [-0.3, -0.25) is 4.79 Å². The van der Waals surface area contributed by atoms with Crippen LogP contribution in [0.1, 0.15) is 15.2 Å². The molecule has 0 atom stereocenters. The molecule has 2 aromatic rings. The smallest absolute Gasteiger partial charge is 0.153 e. The lowest BCUT2D eigenvalue weighted by atomic mass is 10.1. The lowest BCUT2D eigenvalue weighted by Gasteiger charge is -1.99. The van der Waals surface area contributed by atoms with E-state index in [-0.39, 0.29) is 5.56 Å². The molecule has 2 rings (SSSR count). The lowest BCUT2D eigenvalue weighted by Crippen LogP contribution is -1.87. The molecular formula is C12H9FOS. The lowest BCUT2D eigenvalue weighted by molar-refractivity contribution is 0.112. The monoisotopic (exact) mass is 220 g/mol. The second kappa shape index (κ2) is 3.95. The fourth-order valence-electron chi connectivity index (χ4n) is 1.38. The molecule has 15 heavy (non-hydrogen) atoms. The van der Waals surface area contributed by atoms with Crippen molar-refractivity contribution in [2.75, 3.05) is 0 Å². The summed E-state index contributed by atoms with van der Waals surface area (Å²) in [5, 5.41) is 0. The summed E-state index contributed by atoms with van der Waals surface area (Å²) in [7, 11) is 0. The van der Waals surface area contributed by atoms with Crippen LogP contribution in [0.4, 0.5) is 4.39 Å². The molecule has 0 unspecified atom stereocenters. The first-order valence-corrected chi connectivity index (χ1v) is 5.34. The maximum absolute atomic E-state index is 13.1. The highest BCUT2D eigenvalue weighted by Gasteiger charge is 2.05. The molecule has 0 N–H and O–H groups in total. The van der Waals surface area contributed by atoms with E-state index in [9.17, 15) is 9.18 Å². The van der Waals surface area contributed by atoms with E-state index >= 15 is 0 Å². The first-order chi connectivity index (χ1) is 7.20. The van der Waals surface area contributed by atoms with Crippen LogP contribution >= 0.6 is 11.3 Å². The summed E-state index contributed by atoms with van der Waals surface area (Å²) in [4.78, 5) is 12.8. The Morgan fingerprint density at radius 2 is 2.07 bits per heavy atom. The van der Waals surface area contributed by atoms with Crippen molar-refractivity contribution in [1.29, 1.82) is 0 Å². The Labute approximate surface area is 91.2 Å². The summed E-state index contributed by atoms with van der Waals surface area (Å²) in [5.41, 5.74) is 0.996. The fraction of sp³-hybridized carbons (Fsp3) is 0.0833. The summed E-state index contributed by atoms with van der Waals surface area (Å²) in [6.07, 6.45) is 0.541. The molecule has 0 aliphatic heterocycles. The predicted octanol–water partition coefficient (Wildman–Crippen LogP) is 3.68. The average molecular weight is 220 g/mol. The van der Waals surface area contributed by atoms with Gasteiger partial charge in [0.2, 0.25) is 0 Å². The Morgan fingerprint density at radius 1 is 1.27 bits per heavy atom. The third-order valence-corrected chi connectivity index (χ3v) is 3.20. The van der Waals surface area contributed by atoms with Crippen molar-refractivity contribution in [3.05, 3.63) is 46.6 Å². The van der Waals surface area contributed by atoms with Gasteiger partial charge in [0.25, 0.3) is 0 Å². The molecule has 0 aliphatic carbocycles. The molecule has 1 heterocycles. The van der Waals surface area contributed by atoms with Crippen LogP contribution in [-0.2, 0) is 0 Å². The number of aryl methyl sites for hydroxylation is 1. The number of aldehydes is 1. The minimum Gasteiger partial charge on any atom is -0.298 e. The van der Waals surface area contributed by atoms with E-state index in [1.165, 1.54) is 10.9 Å². The highest BCUT2D eigenvalue weighted by Crippen LogP contribution is 2.28. The average Bonchev–Trinajstić information content (AvgIpc) is 2.66. The van der Waals surface area contributed by atoms with Gasteiger partial charge in [0.15, 0.2) is 6.29 Å². The fourth-order valence-corrected chi connectivity index (χ4v) is 2.24. The molecule has 0 bridgehead atoms. The first-order valence-electron chi connectivity index (χ1n) is 4.52. The molecule has 0 radical (unpaired) electrons. The summed E-state index contributed by atoms with van der Waals surface area (Å²) >= 11 is 1.63. The first kappa shape index (κ1) is 10.1. The molecule has 1 nitrogen and oxygen atoms in total. The van der Waals surface area contributed by atoms with Crippen molar-refractivity contribution in [2.45, 2.75) is 6.92 Å². The Balaban J connectivity index is 2.50. The van der Waals surface area contributed by atoms with E-state index in [1.807, 2.05) is 19.1 Å². The van der Waals surface area contributed by atoms with Gasteiger partial charge in [-0.25, -0.2) is 4.39 Å². The van der Waals surface area contributed by atoms with Gasteiger partial charge in [-0.2, -0.15) is 0 Å². The second-order valence-electron chi connectivity index (χ2n) is 3.26. The van der Waals surface area contributed by atoms with Crippen molar-refractivity contribution < 1.29 is 9.18 Å². The summed E-state index contributed by atoms with van der Waals surface area (Å²) < 4.78 is 13.1. The Morgan fingerprint density at radius 3 is 2.67 bits per heavy atom. The van der Waals surface area contributed by atoms with Gasteiger partial charge in [0.1, 0.15) is 5.82 Å². The topological polar surface area (TPSA) is 17.1 Å². The van der Waals surface area contributed by atoms with Crippen molar-refractivity contribution >= 4 is 17.6 Å². The third kappa shape index (κ3) is 1.97. The van der Waals surface area contributed by atoms with E-state index in [0.29, 0.717) is 6.29 Å². The minimum absolute atomic E-state index is 0.110. The summed E-state index contributed by atoms with van der Waals surface area (Å²) in [6.45, 7) is 2.01. The number of carbonyl (C=O) groups is 1. The standard InChI is InChI=1S/C12H9FOS/c1-8-2-5-12(15-8)9-3-4-11(13)10(6-9)7-14/h2-7H,1H3. The molecule has 0 saturated heterocycles. The highest BCUT2D eigenvalue weighted by atomic mass is 32.1. The summed E-state index contributed by atoms with van der Waals surface area (Å²) in [6, 6.07) is 8.57. The highest BCUT2D eigenvalue weighted by molar-refractivity contribution is 7.15. The molecule has 0 spiro atoms. The quantitative estimate of drug-likeness (QED) is 0.706. The zero-order valence-electron chi connectivity index (χ0n) is 8.16. The van der Waals surface area contributed by atoms with Gasteiger partial charge in [-0.05, 0) is 36.8 Å². The van der Waals surface area contributed by atoms with E-state index in [0.717, 1.165) is 10.4 Å². The van der Waals surface area contributed by atoms with E-state index < -0.39 is 5.82 Å².